The number of hydrogen-bond donors (Lipinski definition) is 1. The number of amides is 1. The minimum atomic E-state index is -0.766. The average molecular weight is 412 g/mol. The second-order valence-corrected chi connectivity index (χ2v) is 6.76. The third kappa shape index (κ3) is 4.11. The molecule has 0 fully saturated rings. The van der Waals surface area contributed by atoms with Crippen LogP contribution in [0.25, 0.3) is 10.8 Å². The van der Waals surface area contributed by atoms with E-state index in [1.807, 2.05) is 60.7 Å². The Morgan fingerprint density at radius 2 is 1.69 bits per heavy atom. The van der Waals surface area contributed by atoms with Gasteiger partial charge in [-0.05, 0) is 34.5 Å². The number of fused-ring (bicyclic) bond motifs is 1. The summed E-state index contributed by atoms with van der Waals surface area (Å²) in [6, 6.07) is 20.1. The molecule has 0 saturated heterocycles. The summed E-state index contributed by atoms with van der Waals surface area (Å²) in [6.07, 6.45) is 0.341. The van der Waals surface area contributed by atoms with E-state index in [-0.39, 0.29) is 5.91 Å². The van der Waals surface area contributed by atoms with Gasteiger partial charge >= 0.3 is 5.97 Å². The zero-order valence-corrected chi connectivity index (χ0v) is 15.8. The monoisotopic (exact) mass is 411 g/mol. The lowest BCUT2D eigenvalue weighted by Gasteiger charge is -2.17. The Balaban J connectivity index is 1.82. The molecule has 0 unspecified atom stereocenters. The van der Waals surface area contributed by atoms with Crippen LogP contribution in [0.1, 0.15) is 15.9 Å². The Hall–Kier alpha value is -2.66. The molecule has 0 aliphatic carbocycles. The van der Waals surface area contributed by atoms with E-state index in [4.69, 9.17) is 4.74 Å². The van der Waals surface area contributed by atoms with Crippen molar-refractivity contribution in [1.29, 1.82) is 0 Å². The van der Waals surface area contributed by atoms with Crippen molar-refractivity contribution in [3.05, 3.63) is 82.3 Å². The van der Waals surface area contributed by atoms with Gasteiger partial charge < -0.3 is 10.1 Å². The number of halogens is 1. The molecule has 3 rings (SSSR count). The fraction of sp³-hybridized carbons (Fsp3) is 0.143. The molecule has 5 heteroatoms. The maximum absolute atomic E-state index is 12.7. The van der Waals surface area contributed by atoms with Gasteiger partial charge in [0.25, 0.3) is 5.91 Å². The van der Waals surface area contributed by atoms with Crippen LogP contribution in [0, 0.1) is 0 Å². The summed E-state index contributed by atoms with van der Waals surface area (Å²) in [7, 11) is 1.32. The van der Waals surface area contributed by atoms with Crippen LogP contribution in [0.3, 0.4) is 0 Å². The van der Waals surface area contributed by atoms with Gasteiger partial charge in [-0.25, -0.2) is 4.79 Å². The number of carbonyl (C=O) groups is 2. The van der Waals surface area contributed by atoms with Gasteiger partial charge in [-0.1, -0.05) is 64.5 Å². The molecular weight excluding hydrogens is 394 g/mol. The highest BCUT2D eigenvalue weighted by Gasteiger charge is 2.23. The molecule has 0 bridgehead atoms. The topological polar surface area (TPSA) is 55.4 Å². The summed E-state index contributed by atoms with van der Waals surface area (Å²) >= 11 is 3.47. The van der Waals surface area contributed by atoms with Gasteiger partial charge in [-0.15, -0.1) is 0 Å². The minimum Gasteiger partial charge on any atom is -0.467 e. The van der Waals surface area contributed by atoms with Crippen molar-refractivity contribution in [3.63, 3.8) is 0 Å². The lowest BCUT2D eigenvalue weighted by molar-refractivity contribution is -0.142. The highest BCUT2D eigenvalue weighted by Crippen LogP contribution is 2.19. The fourth-order valence-electron chi connectivity index (χ4n) is 2.79. The quantitative estimate of drug-likeness (QED) is 0.642. The molecule has 0 aromatic heterocycles. The molecule has 0 radical (unpaired) electrons. The molecule has 132 valence electrons. The highest BCUT2D eigenvalue weighted by atomic mass is 79.9. The van der Waals surface area contributed by atoms with Gasteiger partial charge in [0.15, 0.2) is 0 Å². The van der Waals surface area contributed by atoms with E-state index in [1.54, 1.807) is 6.07 Å². The first-order valence-electron chi connectivity index (χ1n) is 8.19. The maximum atomic E-state index is 12.7. The molecule has 0 aliphatic rings. The van der Waals surface area contributed by atoms with E-state index in [1.165, 1.54) is 7.11 Å². The summed E-state index contributed by atoms with van der Waals surface area (Å²) in [4.78, 5) is 24.8. The zero-order valence-electron chi connectivity index (χ0n) is 14.2. The Morgan fingerprint density at radius 1 is 1.00 bits per heavy atom. The van der Waals surface area contributed by atoms with E-state index >= 15 is 0 Å². The second-order valence-electron chi connectivity index (χ2n) is 5.91. The Bertz CT molecular complexity index is 955. The van der Waals surface area contributed by atoms with Crippen molar-refractivity contribution < 1.29 is 14.3 Å². The molecule has 0 heterocycles. The number of benzene rings is 3. The van der Waals surface area contributed by atoms with Crippen LogP contribution in [-0.4, -0.2) is 25.0 Å². The van der Waals surface area contributed by atoms with Crippen LogP contribution in [-0.2, 0) is 16.0 Å². The van der Waals surface area contributed by atoms with Crippen molar-refractivity contribution in [2.45, 2.75) is 12.5 Å². The Labute approximate surface area is 160 Å². The van der Waals surface area contributed by atoms with Crippen molar-refractivity contribution in [3.8, 4) is 0 Å². The summed E-state index contributed by atoms with van der Waals surface area (Å²) in [5, 5.41) is 4.82. The largest absolute Gasteiger partial charge is 0.467 e. The minimum absolute atomic E-state index is 0.307. The van der Waals surface area contributed by atoms with Crippen LogP contribution >= 0.6 is 15.9 Å². The third-order valence-electron chi connectivity index (χ3n) is 4.18. The first-order valence-corrected chi connectivity index (χ1v) is 8.98. The number of rotatable bonds is 5. The van der Waals surface area contributed by atoms with Crippen LogP contribution in [0.2, 0.25) is 0 Å². The predicted molar refractivity (Wildman–Crippen MR) is 105 cm³/mol. The summed E-state index contributed by atoms with van der Waals surface area (Å²) < 4.78 is 5.75. The van der Waals surface area contributed by atoms with Gasteiger partial charge in [0.05, 0.1) is 7.11 Å². The fourth-order valence-corrected chi connectivity index (χ4v) is 3.24. The van der Waals surface area contributed by atoms with Gasteiger partial charge in [0, 0.05) is 16.5 Å². The van der Waals surface area contributed by atoms with E-state index in [2.05, 4.69) is 21.2 Å². The van der Waals surface area contributed by atoms with Gasteiger partial charge in [-0.2, -0.15) is 0 Å². The van der Waals surface area contributed by atoms with Crippen molar-refractivity contribution in [1.82, 2.24) is 5.32 Å². The first kappa shape index (κ1) is 18.1. The lowest BCUT2D eigenvalue weighted by Crippen LogP contribution is -2.43. The predicted octanol–water partition coefficient (Wildman–Crippen LogP) is 4.12. The Morgan fingerprint density at radius 3 is 2.42 bits per heavy atom. The smallest absolute Gasteiger partial charge is 0.328 e. The molecule has 1 N–H and O–H groups in total. The van der Waals surface area contributed by atoms with Crippen molar-refractivity contribution in [2.75, 3.05) is 7.11 Å². The number of ether oxygens (including phenoxy) is 1. The van der Waals surface area contributed by atoms with Gasteiger partial charge in [0.1, 0.15) is 6.04 Å². The molecule has 1 atom stereocenters. The summed E-state index contributed by atoms with van der Waals surface area (Å²) in [6.45, 7) is 0. The second kappa shape index (κ2) is 8.15. The van der Waals surface area contributed by atoms with Crippen LogP contribution in [0.4, 0.5) is 0 Å². The van der Waals surface area contributed by atoms with E-state index in [9.17, 15) is 9.59 Å². The SMILES string of the molecule is COC(=O)[C@H](Cc1ccccc1Br)NC(=O)c1ccc2ccccc2c1. The van der Waals surface area contributed by atoms with Gasteiger partial charge in [0.2, 0.25) is 0 Å². The van der Waals surface area contributed by atoms with Crippen LogP contribution in [0.15, 0.2) is 71.2 Å². The average Bonchev–Trinajstić information content (AvgIpc) is 2.68. The molecule has 0 spiro atoms. The zero-order chi connectivity index (χ0) is 18.5. The third-order valence-corrected chi connectivity index (χ3v) is 4.96. The molecule has 3 aromatic rings. The number of esters is 1. The van der Waals surface area contributed by atoms with Crippen LogP contribution < -0.4 is 5.32 Å². The highest BCUT2D eigenvalue weighted by molar-refractivity contribution is 9.10. The molecular formula is C21H18BrNO3. The molecule has 1 amide bonds. The normalized spacial score (nSPS) is 11.8. The Kier molecular flexibility index (Phi) is 5.68. The number of carbonyl (C=O) groups excluding carboxylic acids is 2. The lowest BCUT2D eigenvalue weighted by atomic mass is 10.0. The molecule has 4 nitrogen and oxygen atoms in total. The molecule has 3 aromatic carbocycles. The van der Waals surface area contributed by atoms with Crippen molar-refractivity contribution in [2.24, 2.45) is 0 Å². The first-order chi connectivity index (χ1) is 12.6. The molecule has 0 saturated carbocycles. The summed E-state index contributed by atoms with van der Waals surface area (Å²) in [5.41, 5.74) is 1.42. The summed E-state index contributed by atoms with van der Waals surface area (Å²) in [5.74, 6) is -0.784. The van der Waals surface area contributed by atoms with E-state index in [0.29, 0.717) is 12.0 Å². The van der Waals surface area contributed by atoms with Crippen LogP contribution in [0.5, 0.6) is 0 Å². The molecule has 0 aliphatic heterocycles. The standard InChI is InChI=1S/C21H18BrNO3/c1-26-21(25)19(13-16-8-4-5-9-18(16)22)23-20(24)17-11-10-14-6-2-3-7-15(14)12-17/h2-12,19H,13H2,1H3,(H,23,24)/t19-/m0/s1. The number of nitrogens with one attached hydrogen (secondary N) is 1. The molecule has 26 heavy (non-hydrogen) atoms. The number of hydrogen-bond acceptors (Lipinski definition) is 3. The van der Waals surface area contributed by atoms with Gasteiger partial charge in [-0.3, -0.25) is 4.79 Å². The van der Waals surface area contributed by atoms with E-state index in [0.717, 1.165) is 20.8 Å². The number of methoxy groups -OCH3 is 1. The van der Waals surface area contributed by atoms with E-state index < -0.39 is 12.0 Å². The van der Waals surface area contributed by atoms with Crippen molar-refractivity contribution >= 4 is 38.6 Å². The maximum Gasteiger partial charge on any atom is 0.328 e.